The van der Waals surface area contributed by atoms with Gasteiger partial charge in [-0.3, -0.25) is 4.79 Å². The SMILES string of the molecule is CC(C)(C)C(=O)/C(=C/c1cccc(N2CCC(N3CCCCC3)CC2)c1)n1cccn1. The topological polar surface area (TPSA) is 41.4 Å². The van der Waals surface area contributed by atoms with E-state index in [9.17, 15) is 4.79 Å². The molecule has 1 aromatic heterocycles. The lowest BCUT2D eigenvalue weighted by molar-refractivity contribution is -0.120. The van der Waals surface area contributed by atoms with Crippen molar-refractivity contribution in [3.8, 4) is 0 Å². The molecule has 3 heterocycles. The van der Waals surface area contributed by atoms with Gasteiger partial charge in [0.05, 0.1) is 0 Å². The summed E-state index contributed by atoms with van der Waals surface area (Å²) in [7, 11) is 0. The Hall–Kier alpha value is -2.40. The molecule has 0 saturated carbocycles. The van der Waals surface area contributed by atoms with E-state index >= 15 is 0 Å². The van der Waals surface area contributed by atoms with E-state index in [2.05, 4.69) is 39.2 Å². The van der Waals surface area contributed by atoms with Crippen molar-refractivity contribution in [1.29, 1.82) is 0 Å². The van der Waals surface area contributed by atoms with Gasteiger partial charge in [0.1, 0.15) is 5.70 Å². The summed E-state index contributed by atoms with van der Waals surface area (Å²) < 4.78 is 1.68. The van der Waals surface area contributed by atoms with Crippen molar-refractivity contribution in [1.82, 2.24) is 14.7 Å². The molecule has 0 N–H and O–H groups in total. The Kier molecular flexibility index (Phi) is 6.61. The lowest BCUT2D eigenvalue weighted by Gasteiger charge is -2.41. The van der Waals surface area contributed by atoms with Gasteiger partial charge in [-0.2, -0.15) is 5.10 Å². The minimum atomic E-state index is -0.467. The Bertz CT molecular complexity index is 896. The Morgan fingerprint density at radius 3 is 2.42 bits per heavy atom. The fourth-order valence-corrected chi connectivity index (χ4v) is 4.77. The summed E-state index contributed by atoms with van der Waals surface area (Å²) in [4.78, 5) is 18.3. The van der Waals surface area contributed by atoms with Crippen LogP contribution in [0.1, 0.15) is 58.4 Å². The Labute approximate surface area is 186 Å². The van der Waals surface area contributed by atoms with Crippen LogP contribution in [0.2, 0.25) is 0 Å². The number of rotatable bonds is 5. The molecule has 0 amide bonds. The second-order valence-corrected chi connectivity index (χ2v) is 9.97. The van der Waals surface area contributed by atoms with Gasteiger partial charge in [0.25, 0.3) is 0 Å². The maximum atomic E-state index is 13.1. The van der Waals surface area contributed by atoms with Crippen LogP contribution in [0.5, 0.6) is 0 Å². The highest BCUT2D eigenvalue weighted by molar-refractivity contribution is 6.21. The normalized spacial score (nSPS) is 19.6. The first-order valence-corrected chi connectivity index (χ1v) is 11.8. The summed E-state index contributed by atoms with van der Waals surface area (Å²) in [6.45, 7) is 10.6. The summed E-state index contributed by atoms with van der Waals surface area (Å²) in [5.74, 6) is 0.0870. The highest BCUT2D eigenvalue weighted by atomic mass is 16.1. The second kappa shape index (κ2) is 9.39. The third kappa shape index (κ3) is 5.27. The van der Waals surface area contributed by atoms with Crippen molar-refractivity contribution in [3.63, 3.8) is 0 Å². The Morgan fingerprint density at radius 1 is 1.03 bits per heavy atom. The van der Waals surface area contributed by atoms with Crippen molar-refractivity contribution < 1.29 is 4.79 Å². The summed E-state index contributed by atoms with van der Waals surface area (Å²) in [6, 6.07) is 11.2. The number of piperidine rings is 2. The van der Waals surface area contributed by atoms with Crippen LogP contribution in [0.4, 0.5) is 5.69 Å². The largest absolute Gasteiger partial charge is 0.371 e. The number of likely N-dealkylation sites (tertiary alicyclic amines) is 1. The van der Waals surface area contributed by atoms with Crippen molar-refractivity contribution in [2.75, 3.05) is 31.1 Å². The molecular formula is C26H36N4O. The molecule has 2 aromatic rings. The minimum Gasteiger partial charge on any atom is -0.371 e. The molecule has 1 aromatic carbocycles. The molecular weight excluding hydrogens is 384 g/mol. The summed E-state index contributed by atoms with van der Waals surface area (Å²) in [5.41, 5.74) is 2.43. The molecule has 0 atom stereocenters. The number of hydrogen-bond donors (Lipinski definition) is 0. The average molecular weight is 421 g/mol. The maximum absolute atomic E-state index is 13.1. The molecule has 0 spiro atoms. The number of nitrogens with zero attached hydrogens (tertiary/aromatic N) is 4. The molecule has 4 rings (SSSR count). The van der Waals surface area contributed by atoms with Gasteiger partial charge in [0.2, 0.25) is 0 Å². The molecule has 2 aliphatic heterocycles. The molecule has 166 valence electrons. The van der Waals surface area contributed by atoms with Crippen LogP contribution < -0.4 is 4.90 Å². The zero-order valence-electron chi connectivity index (χ0n) is 19.3. The second-order valence-electron chi connectivity index (χ2n) is 9.97. The maximum Gasteiger partial charge on any atom is 0.186 e. The Balaban J connectivity index is 1.50. The standard InChI is InChI=1S/C26H36N4O/c1-26(2,3)25(31)24(30-16-8-13-27-30)20-21-9-7-10-23(19-21)29-17-11-22(12-18-29)28-14-5-4-6-15-28/h7-10,13,16,19-20,22H,4-6,11-12,14-15,17-18H2,1-3H3/b24-20-. The summed E-state index contributed by atoms with van der Waals surface area (Å²) >= 11 is 0. The number of Topliss-reactive ketones (excluding diaryl/α,β-unsaturated/α-hetero) is 1. The predicted octanol–water partition coefficient (Wildman–Crippen LogP) is 4.95. The van der Waals surface area contributed by atoms with E-state index in [1.54, 1.807) is 10.9 Å². The first-order valence-electron chi connectivity index (χ1n) is 11.8. The summed E-state index contributed by atoms with van der Waals surface area (Å²) in [6.07, 6.45) is 12.1. The highest BCUT2D eigenvalue weighted by Crippen LogP contribution is 2.28. The monoisotopic (exact) mass is 420 g/mol. The fraction of sp³-hybridized carbons (Fsp3) is 0.538. The number of carbonyl (C=O) groups is 1. The lowest BCUT2D eigenvalue weighted by Crippen LogP contribution is -2.46. The molecule has 5 heteroatoms. The number of aromatic nitrogens is 2. The first-order chi connectivity index (χ1) is 14.9. The first kappa shape index (κ1) is 21.8. The van der Waals surface area contributed by atoms with Gasteiger partial charge >= 0.3 is 0 Å². The van der Waals surface area contributed by atoms with Gasteiger partial charge in [-0.15, -0.1) is 0 Å². The van der Waals surface area contributed by atoms with Crippen LogP contribution in [0.15, 0.2) is 42.7 Å². The minimum absolute atomic E-state index is 0.0870. The van der Waals surface area contributed by atoms with E-state index in [-0.39, 0.29) is 5.78 Å². The zero-order chi connectivity index (χ0) is 21.8. The zero-order valence-corrected chi connectivity index (χ0v) is 19.3. The third-order valence-electron chi connectivity index (χ3n) is 6.58. The molecule has 2 saturated heterocycles. The Morgan fingerprint density at radius 2 is 1.77 bits per heavy atom. The van der Waals surface area contributed by atoms with Crippen molar-refractivity contribution in [2.24, 2.45) is 5.41 Å². The highest BCUT2D eigenvalue weighted by Gasteiger charge is 2.27. The van der Waals surface area contributed by atoms with Crippen LogP contribution in [-0.2, 0) is 4.79 Å². The molecule has 0 aliphatic carbocycles. The van der Waals surface area contributed by atoms with E-state index in [1.807, 2.05) is 39.1 Å². The van der Waals surface area contributed by atoms with Gasteiger partial charge < -0.3 is 9.80 Å². The molecule has 0 radical (unpaired) electrons. The molecule has 2 aliphatic rings. The number of ketones is 1. The van der Waals surface area contributed by atoms with Crippen LogP contribution in [-0.4, -0.2) is 52.7 Å². The third-order valence-corrected chi connectivity index (χ3v) is 6.58. The van der Waals surface area contributed by atoms with E-state index in [0.29, 0.717) is 5.70 Å². The number of hydrogen-bond acceptors (Lipinski definition) is 4. The van der Waals surface area contributed by atoms with Gasteiger partial charge in [0, 0.05) is 42.6 Å². The van der Waals surface area contributed by atoms with Crippen molar-refractivity contribution >= 4 is 23.2 Å². The van der Waals surface area contributed by atoms with Crippen LogP contribution in [0.25, 0.3) is 11.8 Å². The lowest BCUT2D eigenvalue weighted by atomic mass is 9.88. The molecule has 31 heavy (non-hydrogen) atoms. The van der Waals surface area contributed by atoms with Gasteiger partial charge in [0.15, 0.2) is 5.78 Å². The fourth-order valence-electron chi connectivity index (χ4n) is 4.77. The van der Waals surface area contributed by atoms with E-state index in [0.717, 1.165) is 24.7 Å². The van der Waals surface area contributed by atoms with Crippen LogP contribution in [0, 0.1) is 5.41 Å². The number of benzene rings is 1. The number of anilines is 1. The van der Waals surface area contributed by atoms with E-state index in [1.165, 1.54) is 50.9 Å². The quantitative estimate of drug-likeness (QED) is 0.642. The molecule has 5 nitrogen and oxygen atoms in total. The van der Waals surface area contributed by atoms with Crippen molar-refractivity contribution in [3.05, 3.63) is 48.3 Å². The predicted molar refractivity (Wildman–Crippen MR) is 128 cm³/mol. The summed E-state index contributed by atoms with van der Waals surface area (Å²) in [5, 5.41) is 4.32. The van der Waals surface area contributed by atoms with Gasteiger partial charge in [-0.05, 0) is 68.6 Å². The van der Waals surface area contributed by atoms with Gasteiger partial charge in [-0.25, -0.2) is 4.68 Å². The van der Waals surface area contributed by atoms with Crippen molar-refractivity contribution in [2.45, 2.75) is 58.9 Å². The van der Waals surface area contributed by atoms with E-state index in [4.69, 9.17) is 0 Å². The number of carbonyl (C=O) groups excluding carboxylic acids is 1. The smallest absolute Gasteiger partial charge is 0.186 e. The molecule has 0 unspecified atom stereocenters. The molecule has 2 fully saturated rings. The van der Waals surface area contributed by atoms with Crippen LogP contribution in [0.3, 0.4) is 0 Å². The average Bonchev–Trinajstić information content (AvgIpc) is 3.32. The molecule has 0 bridgehead atoms. The van der Waals surface area contributed by atoms with Gasteiger partial charge in [-0.1, -0.05) is 39.3 Å². The van der Waals surface area contributed by atoms with E-state index < -0.39 is 5.41 Å². The number of allylic oxidation sites excluding steroid dienone is 1. The van der Waals surface area contributed by atoms with Crippen LogP contribution >= 0.6 is 0 Å².